The highest BCUT2D eigenvalue weighted by atomic mass is 32.1. The fourth-order valence-electron chi connectivity index (χ4n) is 4.10. The van der Waals surface area contributed by atoms with Crippen molar-refractivity contribution in [1.29, 1.82) is 0 Å². The van der Waals surface area contributed by atoms with Crippen molar-refractivity contribution in [3.63, 3.8) is 0 Å². The number of Topliss-reactive ketones (excluding diaryl/α,β-unsaturated/α-hetero) is 1. The molecule has 0 saturated heterocycles. The number of ether oxygens (including phenoxy) is 1. The van der Waals surface area contributed by atoms with Gasteiger partial charge in [-0.2, -0.15) is 10.1 Å². The van der Waals surface area contributed by atoms with E-state index in [0.717, 1.165) is 29.0 Å². The Labute approximate surface area is 166 Å². The molecule has 0 bridgehead atoms. The van der Waals surface area contributed by atoms with Crippen LogP contribution in [-0.2, 0) is 4.79 Å². The summed E-state index contributed by atoms with van der Waals surface area (Å²) < 4.78 is 7.36. The van der Waals surface area contributed by atoms with Crippen molar-refractivity contribution in [3.05, 3.63) is 69.8 Å². The third-order valence-electron chi connectivity index (χ3n) is 5.31. The molecule has 2 atom stereocenters. The average molecular weight is 392 g/mol. The van der Waals surface area contributed by atoms with Gasteiger partial charge in [0.2, 0.25) is 5.95 Å². The van der Waals surface area contributed by atoms with Crippen LogP contribution < -0.4 is 10.1 Å². The average Bonchev–Trinajstić information content (AvgIpc) is 3.39. The van der Waals surface area contributed by atoms with E-state index < -0.39 is 0 Å². The van der Waals surface area contributed by atoms with E-state index >= 15 is 0 Å². The van der Waals surface area contributed by atoms with Crippen LogP contribution in [0.4, 0.5) is 5.95 Å². The zero-order valence-corrected chi connectivity index (χ0v) is 16.3. The molecule has 1 aliphatic heterocycles. The Morgan fingerprint density at radius 1 is 1.25 bits per heavy atom. The van der Waals surface area contributed by atoms with Crippen molar-refractivity contribution in [2.75, 3.05) is 11.9 Å². The summed E-state index contributed by atoms with van der Waals surface area (Å²) in [6, 6.07) is 11.8. The Balaban J connectivity index is 1.56. The van der Waals surface area contributed by atoms with Gasteiger partial charge in [-0.05, 0) is 42.5 Å². The van der Waals surface area contributed by atoms with Gasteiger partial charge in [0.1, 0.15) is 18.1 Å². The topological polar surface area (TPSA) is 69.0 Å². The molecule has 1 aliphatic carbocycles. The Morgan fingerprint density at radius 2 is 2.11 bits per heavy atom. The van der Waals surface area contributed by atoms with Crippen LogP contribution in [0.2, 0.25) is 0 Å². The summed E-state index contributed by atoms with van der Waals surface area (Å²) >= 11 is 1.71. The fourth-order valence-corrected chi connectivity index (χ4v) is 4.93. The second-order valence-corrected chi connectivity index (χ2v) is 7.97. The molecule has 1 N–H and O–H groups in total. The van der Waals surface area contributed by atoms with Gasteiger partial charge >= 0.3 is 0 Å². The van der Waals surface area contributed by atoms with Crippen LogP contribution in [-0.4, -0.2) is 27.2 Å². The van der Waals surface area contributed by atoms with Gasteiger partial charge in [-0.25, -0.2) is 4.68 Å². The summed E-state index contributed by atoms with van der Waals surface area (Å²) in [5.41, 5.74) is 2.77. The summed E-state index contributed by atoms with van der Waals surface area (Å²) in [4.78, 5) is 18.9. The molecular weight excluding hydrogens is 372 g/mol. The number of carbonyl (C=O) groups is 1. The minimum Gasteiger partial charge on any atom is -0.494 e. The number of thiophene rings is 1. The largest absolute Gasteiger partial charge is 0.494 e. The Morgan fingerprint density at radius 3 is 2.86 bits per heavy atom. The van der Waals surface area contributed by atoms with Crippen molar-refractivity contribution in [2.45, 2.75) is 31.7 Å². The molecule has 1 aromatic carbocycles. The monoisotopic (exact) mass is 392 g/mol. The van der Waals surface area contributed by atoms with E-state index in [-0.39, 0.29) is 17.7 Å². The predicted octanol–water partition coefficient (Wildman–Crippen LogP) is 4.15. The van der Waals surface area contributed by atoms with Crippen molar-refractivity contribution in [1.82, 2.24) is 14.8 Å². The fraction of sp³-hybridized carbons (Fsp3) is 0.286. The highest BCUT2D eigenvalue weighted by molar-refractivity contribution is 7.10. The SMILES string of the molecule is CCOc1ccc([C@@H]2C3=C(C[C@@H](c4cccs4)CC3=O)Nc3ncnn32)cc1. The van der Waals surface area contributed by atoms with Gasteiger partial charge in [0.15, 0.2) is 5.78 Å². The minimum absolute atomic E-state index is 0.173. The molecular formula is C21H20N4O2S. The first-order chi connectivity index (χ1) is 13.7. The van der Waals surface area contributed by atoms with Crippen molar-refractivity contribution < 1.29 is 9.53 Å². The molecule has 7 heteroatoms. The van der Waals surface area contributed by atoms with Gasteiger partial charge in [-0.1, -0.05) is 18.2 Å². The highest BCUT2D eigenvalue weighted by Gasteiger charge is 2.39. The lowest BCUT2D eigenvalue weighted by Gasteiger charge is -2.34. The number of carbonyl (C=O) groups excluding carboxylic acids is 1. The number of nitrogens with zero attached hydrogens (tertiary/aromatic N) is 3. The molecule has 28 heavy (non-hydrogen) atoms. The minimum atomic E-state index is -0.263. The predicted molar refractivity (Wildman–Crippen MR) is 108 cm³/mol. The molecule has 2 aliphatic rings. The van der Waals surface area contributed by atoms with E-state index in [1.165, 1.54) is 11.2 Å². The van der Waals surface area contributed by atoms with Crippen LogP contribution in [0.15, 0.2) is 59.4 Å². The van der Waals surface area contributed by atoms with Crippen LogP contribution in [0, 0.1) is 0 Å². The van der Waals surface area contributed by atoms with Gasteiger partial charge in [0.25, 0.3) is 0 Å². The lowest BCUT2D eigenvalue weighted by molar-refractivity contribution is -0.116. The van der Waals surface area contributed by atoms with Crippen molar-refractivity contribution in [2.24, 2.45) is 0 Å². The Kier molecular flexibility index (Phi) is 4.24. The molecule has 0 saturated carbocycles. The molecule has 3 aromatic rings. The third kappa shape index (κ3) is 2.82. The van der Waals surface area contributed by atoms with E-state index in [9.17, 15) is 4.79 Å². The number of nitrogens with one attached hydrogen (secondary N) is 1. The maximum atomic E-state index is 13.2. The number of allylic oxidation sites excluding steroid dienone is 2. The van der Waals surface area contributed by atoms with Gasteiger partial charge in [-0.3, -0.25) is 4.79 Å². The number of ketones is 1. The van der Waals surface area contributed by atoms with Crippen molar-refractivity contribution in [3.8, 4) is 5.75 Å². The second kappa shape index (κ2) is 6.91. The highest BCUT2D eigenvalue weighted by Crippen LogP contribution is 2.44. The van der Waals surface area contributed by atoms with E-state index in [1.54, 1.807) is 16.0 Å². The maximum absolute atomic E-state index is 13.2. The molecule has 5 rings (SSSR count). The van der Waals surface area contributed by atoms with Crippen LogP contribution in [0.25, 0.3) is 0 Å². The van der Waals surface area contributed by atoms with E-state index in [0.29, 0.717) is 19.0 Å². The zero-order valence-electron chi connectivity index (χ0n) is 15.5. The summed E-state index contributed by atoms with van der Waals surface area (Å²) in [7, 11) is 0. The van der Waals surface area contributed by atoms with Crippen LogP contribution in [0.5, 0.6) is 5.75 Å². The van der Waals surface area contributed by atoms with Crippen LogP contribution >= 0.6 is 11.3 Å². The van der Waals surface area contributed by atoms with E-state index in [4.69, 9.17) is 4.74 Å². The number of benzene rings is 1. The number of hydrogen-bond donors (Lipinski definition) is 1. The first kappa shape index (κ1) is 17.2. The van der Waals surface area contributed by atoms with Crippen LogP contribution in [0.1, 0.15) is 42.2 Å². The number of aromatic nitrogens is 3. The molecule has 0 amide bonds. The number of hydrogen-bond acceptors (Lipinski definition) is 6. The molecule has 0 radical (unpaired) electrons. The van der Waals surface area contributed by atoms with Gasteiger partial charge in [-0.15, -0.1) is 11.3 Å². The van der Waals surface area contributed by atoms with Gasteiger partial charge in [0.05, 0.1) is 6.61 Å². The molecule has 6 nitrogen and oxygen atoms in total. The third-order valence-corrected chi connectivity index (χ3v) is 6.35. The smallest absolute Gasteiger partial charge is 0.226 e. The first-order valence-electron chi connectivity index (χ1n) is 9.43. The summed E-state index contributed by atoms with van der Waals surface area (Å²) in [6.45, 7) is 2.59. The van der Waals surface area contributed by atoms with Gasteiger partial charge in [0, 0.05) is 28.5 Å². The number of rotatable bonds is 4. The molecule has 0 fully saturated rings. The zero-order chi connectivity index (χ0) is 19.1. The summed E-state index contributed by atoms with van der Waals surface area (Å²) in [5, 5.41) is 9.82. The normalized spacial score (nSPS) is 21.1. The Bertz CT molecular complexity index is 1040. The molecule has 142 valence electrons. The van der Waals surface area contributed by atoms with Gasteiger partial charge < -0.3 is 10.1 Å². The molecule has 0 unspecified atom stereocenters. The lowest BCUT2D eigenvalue weighted by Crippen LogP contribution is -2.33. The standard InChI is InChI=1S/C21H20N4O2S/c1-2-27-15-7-5-13(6-8-15)20-19-16(24-21-22-12-23-25(20)21)10-14(11-17(19)26)18-4-3-9-28-18/h3-9,12,14,20H,2,10-11H2,1H3,(H,22,23,24)/t14-,20-/m1/s1. The lowest BCUT2D eigenvalue weighted by atomic mass is 9.80. The number of fused-ring (bicyclic) bond motifs is 1. The molecule has 0 spiro atoms. The maximum Gasteiger partial charge on any atom is 0.226 e. The molecule has 2 aromatic heterocycles. The van der Waals surface area contributed by atoms with Crippen molar-refractivity contribution >= 4 is 23.1 Å². The summed E-state index contributed by atoms with van der Waals surface area (Å²) in [5.74, 6) is 1.89. The van der Waals surface area contributed by atoms with E-state index in [1.807, 2.05) is 37.3 Å². The quantitative estimate of drug-likeness (QED) is 0.722. The van der Waals surface area contributed by atoms with E-state index in [2.05, 4.69) is 26.8 Å². The first-order valence-corrected chi connectivity index (χ1v) is 10.3. The second-order valence-electron chi connectivity index (χ2n) is 6.99. The summed E-state index contributed by atoms with van der Waals surface area (Å²) in [6.07, 6.45) is 2.87. The molecule has 3 heterocycles. The van der Waals surface area contributed by atoms with Crippen LogP contribution in [0.3, 0.4) is 0 Å². The number of anilines is 1. The Hall–Kier alpha value is -2.93.